The normalized spacial score (nSPS) is 25.3. The predicted molar refractivity (Wildman–Crippen MR) is 88.6 cm³/mol. The van der Waals surface area contributed by atoms with E-state index in [0.717, 1.165) is 28.4 Å². The molecule has 4 heteroatoms. The number of nitrogens with one attached hydrogen (secondary N) is 1. The molecule has 2 aliphatic rings. The quantitative estimate of drug-likeness (QED) is 0.825. The fourth-order valence-corrected chi connectivity index (χ4v) is 3.99. The molecule has 2 heterocycles. The first-order chi connectivity index (χ1) is 10.8. The van der Waals surface area contributed by atoms with Gasteiger partial charge in [-0.2, -0.15) is 0 Å². The molecule has 1 aromatic carbocycles. The molecule has 0 radical (unpaired) electrons. The molecule has 0 amide bonds. The predicted octanol–water partition coefficient (Wildman–Crippen LogP) is 4.57. The summed E-state index contributed by atoms with van der Waals surface area (Å²) in [5.74, 6) is 1.65. The minimum absolute atomic E-state index is 0.239. The standard InChI is InChI=1S/C18H17ClN2O/c1-22-15-6-5-14(19)16-12-3-2-4-13(12)17(21-18(15)16)11-7-9-20-10-8-11/h2-3,5-10,12-13,17,21H,4H2,1H3/t12-,13+,17+/m1/s1. The molecular weight excluding hydrogens is 296 g/mol. The zero-order valence-electron chi connectivity index (χ0n) is 12.3. The smallest absolute Gasteiger partial charge is 0.142 e. The number of fused-ring (bicyclic) bond motifs is 3. The van der Waals surface area contributed by atoms with E-state index in [2.05, 4.69) is 34.6 Å². The fraction of sp³-hybridized carbons (Fsp3) is 0.278. The Labute approximate surface area is 135 Å². The van der Waals surface area contributed by atoms with Crippen molar-refractivity contribution in [3.05, 3.63) is 65.0 Å². The van der Waals surface area contributed by atoms with Crippen molar-refractivity contribution in [3.63, 3.8) is 0 Å². The molecule has 22 heavy (non-hydrogen) atoms. The summed E-state index contributed by atoms with van der Waals surface area (Å²) >= 11 is 6.49. The third-order valence-corrected chi connectivity index (χ3v) is 5.04. The van der Waals surface area contributed by atoms with Crippen molar-refractivity contribution in [1.29, 1.82) is 0 Å². The first-order valence-electron chi connectivity index (χ1n) is 7.49. The second kappa shape index (κ2) is 5.33. The van der Waals surface area contributed by atoms with Gasteiger partial charge in [0.2, 0.25) is 0 Å². The van der Waals surface area contributed by atoms with Crippen LogP contribution in [0.4, 0.5) is 5.69 Å². The van der Waals surface area contributed by atoms with Crippen LogP contribution in [0.15, 0.2) is 48.8 Å². The van der Waals surface area contributed by atoms with E-state index in [1.165, 1.54) is 5.56 Å². The maximum absolute atomic E-state index is 6.49. The van der Waals surface area contributed by atoms with Gasteiger partial charge in [-0.3, -0.25) is 4.98 Å². The van der Waals surface area contributed by atoms with Gasteiger partial charge in [0, 0.05) is 28.9 Å². The number of methoxy groups -OCH3 is 1. The number of ether oxygens (including phenoxy) is 1. The highest BCUT2D eigenvalue weighted by Gasteiger charge is 2.40. The Morgan fingerprint density at radius 3 is 2.82 bits per heavy atom. The molecular formula is C18H17ClN2O. The summed E-state index contributed by atoms with van der Waals surface area (Å²) < 4.78 is 5.54. The average molecular weight is 313 g/mol. The second-order valence-electron chi connectivity index (χ2n) is 5.79. The van der Waals surface area contributed by atoms with Gasteiger partial charge in [0.05, 0.1) is 18.8 Å². The number of pyridine rings is 1. The second-order valence-corrected chi connectivity index (χ2v) is 6.20. The van der Waals surface area contributed by atoms with E-state index in [1.54, 1.807) is 7.11 Å². The number of aromatic nitrogens is 1. The summed E-state index contributed by atoms with van der Waals surface area (Å²) in [6, 6.07) is 8.25. The molecule has 0 bridgehead atoms. The summed E-state index contributed by atoms with van der Waals surface area (Å²) in [4.78, 5) is 4.13. The molecule has 3 atom stereocenters. The lowest BCUT2D eigenvalue weighted by molar-refractivity contribution is 0.397. The highest BCUT2D eigenvalue weighted by Crippen LogP contribution is 2.54. The molecule has 1 N–H and O–H groups in total. The first-order valence-corrected chi connectivity index (χ1v) is 7.87. The van der Waals surface area contributed by atoms with E-state index in [-0.39, 0.29) is 6.04 Å². The largest absolute Gasteiger partial charge is 0.495 e. The van der Waals surface area contributed by atoms with Crippen LogP contribution < -0.4 is 10.1 Å². The van der Waals surface area contributed by atoms with Crippen molar-refractivity contribution in [3.8, 4) is 5.75 Å². The van der Waals surface area contributed by atoms with Crippen LogP contribution in [-0.2, 0) is 0 Å². The molecule has 1 aliphatic heterocycles. The Kier molecular flexibility index (Phi) is 3.30. The highest BCUT2D eigenvalue weighted by atomic mass is 35.5. The zero-order valence-corrected chi connectivity index (χ0v) is 13.0. The van der Waals surface area contributed by atoms with Gasteiger partial charge in [0.1, 0.15) is 5.75 Å². The van der Waals surface area contributed by atoms with Crippen molar-refractivity contribution in [2.24, 2.45) is 5.92 Å². The third-order valence-electron chi connectivity index (χ3n) is 4.71. The molecule has 112 valence electrons. The van der Waals surface area contributed by atoms with E-state index in [1.807, 2.05) is 24.5 Å². The molecule has 0 saturated heterocycles. The minimum Gasteiger partial charge on any atom is -0.495 e. The number of hydrogen-bond acceptors (Lipinski definition) is 3. The molecule has 0 spiro atoms. The van der Waals surface area contributed by atoms with Crippen LogP contribution in [0.2, 0.25) is 5.02 Å². The SMILES string of the molecule is COc1ccc(Cl)c2c1N[C@@H](c1ccncc1)[C@H]1CC=C[C@@H]21. The number of nitrogens with zero attached hydrogens (tertiary/aromatic N) is 1. The molecule has 4 rings (SSSR count). The summed E-state index contributed by atoms with van der Waals surface area (Å²) in [7, 11) is 1.70. The number of halogens is 1. The number of allylic oxidation sites excluding steroid dienone is 2. The topological polar surface area (TPSA) is 34.1 Å². The van der Waals surface area contributed by atoms with E-state index >= 15 is 0 Å². The van der Waals surface area contributed by atoms with Crippen molar-refractivity contribution in [2.75, 3.05) is 12.4 Å². The van der Waals surface area contributed by atoms with Crippen LogP contribution in [0, 0.1) is 5.92 Å². The molecule has 0 fully saturated rings. The van der Waals surface area contributed by atoms with Gasteiger partial charge in [-0.15, -0.1) is 0 Å². The molecule has 0 unspecified atom stereocenters. The lowest BCUT2D eigenvalue weighted by Crippen LogP contribution is -2.29. The van der Waals surface area contributed by atoms with Crippen LogP contribution in [-0.4, -0.2) is 12.1 Å². The van der Waals surface area contributed by atoms with E-state index in [4.69, 9.17) is 16.3 Å². The zero-order chi connectivity index (χ0) is 15.1. The van der Waals surface area contributed by atoms with Gasteiger partial charge in [-0.1, -0.05) is 23.8 Å². The summed E-state index contributed by atoms with van der Waals surface area (Å²) in [6.45, 7) is 0. The minimum atomic E-state index is 0.239. The lowest BCUT2D eigenvalue weighted by atomic mass is 9.77. The highest BCUT2D eigenvalue weighted by molar-refractivity contribution is 6.32. The van der Waals surface area contributed by atoms with Crippen LogP contribution in [0.25, 0.3) is 0 Å². The third kappa shape index (κ3) is 2.00. The van der Waals surface area contributed by atoms with Crippen LogP contribution in [0.3, 0.4) is 0 Å². The van der Waals surface area contributed by atoms with Crippen LogP contribution in [0.1, 0.15) is 29.5 Å². The number of anilines is 1. The maximum Gasteiger partial charge on any atom is 0.142 e. The van der Waals surface area contributed by atoms with Gasteiger partial charge in [-0.05, 0) is 42.2 Å². The number of benzene rings is 1. The summed E-state index contributed by atoms with van der Waals surface area (Å²) in [5.41, 5.74) is 3.43. The monoisotopic (exact) mass is 312 g/mol. The summed E-state index contributed by atoms with van der Waals surface area (Å²) in [6.07, 6.45) is 9.29. The average Bonchev–Trinajstić information content (AvgIpc) is 3.04. The number of hydrogen-bond donors (Lipinski definition) is 1. The molecule has 0 saturated carbocycles. The van der Waals surface area contributed by atoms with E-state index in [0.29, 0.717) is 11.8 Å². The molecule has 2 aromatic rings. The van der Waals surface area contributed by atoms with Crippen LogP contribution in [0.5, 0.6) is 5.75 Å². The first kappa shape index (κ1) is 13.6. The maximum atomic E-state index is 6.49. The number of rotatable bonds is 2. The van der Waals surface area contributed by atoms with Crippen LogP contribution >= 0.6 is 11.6 Å². The van der Waals surface area contributed by atoms with Gasteiger partial charge in [0.25, 0.3) is 0 Å². The van der Waals surface area contributed by atoms with Crippen molar-refractivity contribution in [1.82, 2.24) is 4.98 Å². The van der Waals surface area contributed by atoms with Crippen molar-refractivity contribution >= 4 is 17.3 Å². The van der Waals surface area contributed by atoms with Gasteiger partial charge < -0.3 is 10.1 Å². The fourth-order valence-electron chi connectivity index (χ4n) is 3.71. The lowest BCUT2D eigenvalue weighted by Gasteiger charge is -2.38. The van der Waals surface area contributed by atoms with Gasteiger partial charge >= 0.3 is 0 Å². The Bertz CT molecular complexity index is 729. The van der Waals surface area contributed by atoms with Gasteiger partial charge in [-0.25, -0.2) is 0 Å². The molecule has 3 nitrogen and oxygen atoms in total. The van der Waals surface area contributed by atoms with Crippen molar-refractivity contribution < 1.29 is 4.74 Å². The summed E-state index contributed by atoms with van der Waals surface area (Å²) in [5, 5.41) is 4.47. The van der Waals surface area contributed by atoms with Gasteiger partial charge in [0.15, 0.2) is 0 Å². The Hall–Kier alpha value is -2.00. The Morgan fingerprint density at radius 1 is 1.23 bits per heavy atom. The Balaban J connectivity index is 1.87. The van der Waals surface area contributed by atoms with E-state index < -0.39 is 0 Å². The molecule has 1 aromatic heterocycles. The van der Waals surface area contributed by atoms with Crippen molar-refractivity contribution in [2.45, 2.75) is 18.4 Å². The van der Waals surface area contributed by atoms with E-state index in [9.17, 15) is 0 Å². The Morgan fingerprint density at radius 2 is 2.05 bits per heavy atom. The molecule has 1 aliphatic carbocycles.